The van der Waals surface area contributed by atoms with E-state index < -0.39 is 5.60 Å². The average molecular weight is 324 g/mol. The third-order valence-corrected chi connectivity index (χ3v) is 4.12. The Labute approximate surface area is 142 Å². The van der Waals surface area contributed by atoms with Crippen LogP contribution in [0.3, 0.4) is 0 Å². The van der Waals surface area contributed by atoms with Crippen molar-refractivity contribution in [1.29, 1.82) is 0 Å². The van der Waals surface area contributed by atoms with Gasteiger partial charge < -0.3 is 14.4 Å². The summed E-state index contributed by atoms with van der Waals surface area (Å²) < 4.78 is 8.02. The third kappa shape index (κ3) is 3.29. The van der Waals surface area contributed by atoms with Gasteiger partial charge in [-0.25, -0.2) is 4.98 Å². The van der Waals surface area contributed by atoms with E-state index in [4.69, 9.17) is 4.74 Å². The van der Waals surface area contributed by atoms with Crippen LogP contribution in [0.5, 0.6) is 5.75 Å². The molecule has 0 saturated carbocycles. The average Bonchev–Trinajstić information content (AvgIpc) is 2.90. The van der Waals surface area contributed by atoms with Gasteiger partial charge in [-0.05, 0) is 57.0 Å². The van der Waals surface area contributed by atoms with E-state index in [0.29, 0.717) is 19.0 Å². The number of para-hydroxylation sites is 2. The largest absolute Gasteiger partial charge is 0.491 e. The second kappa shape index (κ2) is 6.29. The Bertz CT molecular complexity index is 860. The number of aryl methyl sites for hydroxylation is 2. The topological polar surface area (TPSA) is 47.3 Å². The highest BCUT2D eigenvalue weighted by Gasteiger charge is 2.24. The van der Waals surface area contributed by atoms with Gasteiger partial charge in [0.2, 0.25) is 0 Å². The van der Waals surface area contributed by atoms with Crippen LogP contribution in [0.4, 0.5) is 0 Å². The van der Waals surface area contributed by atoms with E-state index in [1.807, 2.05) is 35.8 Å². The molecule has 1 N–H and O–H groups in total. The molecule has 0 saturated heterocycles. The lowest BCUT2D eigenvalue weighted by Gasteiger charge is -2.19. The van der Waals surface area contributed by atoms with Gasteiger partial charge in [0.1, 0.15) is 23.8 Å². The summed E-state index contributed by atoms with van der Waals surface area (Å²) in [5.74, 6) is 1.57. The fraction of sp³-hybridized carbons (Fsp3) is 0.350. The summed E-state index contributed by atoms with van der Waals surface area (Å²) in [7, 11) is 0. The molecule has 0 aliphatic heterocycles. The van der Waals surface area contributed by atoms with Crippen LogP contribution >= 0.6 is 0 Å². The first-order chi connectivity index (χ1) is 11.4. The zero-order valence-corrected chi connectivity index (χ0v) is 14.7. The number of hydrogen-bond acceptors (Lipinski definition) is 3. The summed E-state index contributed by atoms with van der Waals surface area (Å²) in [4.78, 5) is 4.60. The van der Waals surface area contributed by atoms with E-state index >= 15 is 0 Å². The van der Waals surface area contributed by atoms with Crippen molar-refractivity contribution < 1.29 is 9.84 Å². The van der Waals surface area contributed by atoms with Crippen LogP contribution in [-0.2, 0) is 12.1 Å². The van der Waals surface area contributed by atoms with Gasteiger partial charge in [0, 0.05) is 0 Å². The van der Waals surface area contributed by atoms with Gasteiger partial charge in [0.25, 0.3) is 0 Å². The molecule has 4 heteroatoms. The number of ether oxygens (including phenoxy) is 1. The molecule has 0 radical (unpaired) electrons. The van der Waals surface area contributed by atoms with Crippen molar-refractivity contribution in [2.75, 3.05) is 6.61 Å². The van der Waals surface area contributed by atoms with Crippen molar-refractivity contribution >= 4 is 11.0 Å². The lowest BCUT2D eigenvalue weighted by Crippen LogP contribution is -2.23. The quantitative estimate of drug-likeness (QED) is 0.773. The monoisotopic (exact) mass is 324 g/mol. The Balaban J connectivity index is 1.85. The maximum Gasteiger partial charge on any atom is 0.141 e. The third-order valence-electron chi connectivity index (χ3n) is 4.12. The molecule has 3 aromatic rings. The molecule has 0 spiro atoms. The summed E-state index contributed by atoms with van der Waals surface area (Å²) in [6.45, 7) is 8.78. The lowest BCUT2D eigenvalue weighted by atomic mass is 10.1. The Morgan fingerprint density at radius 3 is 2.62 bits per heavy atom. The van der Waals surface area contributed by atoms with Crippen LogP contribution in [-0.4, -0.2) is 21.3 Å². The minimum absolute atomic E-state index is 0.522. The summed E-state index contributed by atoms with van der Waals surface area (Å²) in [6.07, 6.45) is 0. The minimum Gasteiger partial charge on any atom is -0.491 e. The van der Waals surface area contributed by atoms with E-state index in [0.717, 1.165) is 22.3 Å². The van der Waals surface area contributed by atoms with Crippen LogP contribution < -0.4 is 4.74 Å². The van der Waals surface area contributed by atoms with E-state index in [-0.39, 0.29) is 0 Å². The molecule has 0 bridgehead atoms. The Morgan fingerprint density at radius 2 is 1.88 bits per heavy atom. The van der Waals surface area contributed by atoms with Crippen molar-refractivity contribution in [3.63, 3.8) is 0 Å². The highest BCUT2D eigenvalue weighted by Crippen LogP contribution is 2.25. The van der Waals surface area contributed by atoms with Crippen molar-refractivity contribution in [2.24, 2.45) is 0 Å². The molecule has 2 aromatic carbocycles. The normalized spacial score (nSPS) is 11.9. The van der Waals surface area contributed by atoms with Crippen molar-refractivity contribution in [2.45, 2.75) is 39.8 Å². The van der Waals surface area contributed by atoms with Gasteiger partial charge in [-0.1, -0.05) is 24.3 Å². The number of rotatable bonds is 5. The van der Waals surface area contributed by atoms with Crippen molar-refractivity contribution in [3.8, 4) is 5.75 Å². The maximum absolute atomic E-state index is 10.4. The number of benzene rings is 2. The lowest BCUT2D eigenvalue weighted by molar-refractivity contribution is 0.0644. The Hall–Kier alpha value is -2.33. The Kier molecular flexibility index (Phi) is 4.33. The standard InChI is InChI=1S/C20H24N2O2/c1-14-9-10-15(2)18(13-14)24-12-11-22-17-8-6-5-7-16(17)21-19(22)20(3,4)23/h5-10,13,23H,11-12H2,1-4H3. The first kappa shape index (κ1) is 16.5. The molecule has 1 heterocycles. The van der Waals surface area contributed by atoms with Gasteiger partial charge in [-0.3, -0.25) is 0 Å². The molecular weight excluding hydrogens is 300 g/mol. The van der Waals surface area contributed by atoms with E-state index in [1.54, 1.807) is 13.8 Å². The highest BCUT2D eigenvalue weighted by molar-refractivity contribution is 5.76. The molecule has 0 aliphatic rings. The molecule has 0 atom stereocenters. The molecule has 1 aromatic heterocycles. The summed E-state index contributed by atoms with van der Waals surface area (Å²) in [5.41, 5.74) is 3.21. The molecule has 24 heavy (non-hydrogen) atoms. The van der Waals surface area contributed by atoms with Crippen LogP contribution in [0.25, 0.3) is 11.0 Å². The van der Waals surface area contributed by atoms with Gasteiger partial charge in [-0.15, -0.1) is 0 Å². The fourth-order valence-corrected chi connectivity index (χ4v) is 2.88. The SMILES string of the molecule is Cc1ccc(C)c(OCCn2c(C(C)(C)O)nc3ccccc32)c1. The van der Waals surface area contributed by atoms with Gasteiger partial charge in [0.15, 0.2) is 0 Å². The van der Waals surface area contributed by atoms with E-state index in [2.05, 4.69) is 30.1 Å². The number of imidazole rings is 1. The minimum atomic E-state index is -1.00. The number of nitrogens with zero attached hydrogens (tertiary/aromatic N) is 2. The van der Waals surface area contributed by atoms with Crippen molar-refractivity contribution in [1.82, 2.24) is 9.55 Å². The number of aromatic nitrogens is 2. The smallest absolute Gasteiger partial charge is 0.141 e. The predicted octanol–water partition coefficient (Wildman–Crippen LogP) is 3.96. The molecule has 0 fully saturated rings. The molecule has 4 nitrogen and oxygen atoms in total. The predicted molar refractivity (Wildman–Crippen MR) is 96.4 cm³/mol. The van der Waals surface area contributed by atoms with Crippen LogP contribution in [0.2, 0.25) is 0 Å². The highest BCUT2D eigenvalue weighted by atomic mass is 16.5. The number of aliphatic hydroxyl groups is 1. The van der Waals surface area contributed by atoms with Crippen molar-refractivity contribution in [3.05, 3.63) is 59.4 Å². The maximum atomic E-state index is 10.4. The molecule has 3 rings (SSSR count). The second-order valence-electron chi connectivity index (χ2n) is 6.75. The summed E-state index contributed by atoms with van der Waals surface area (Å²) in [5, 5.41) is 10.4. The van der Waals surface area contributed by atoms with Gasteiger partial charge in [0.05, 0.1) is 17.6 Å². The zero-order valence-electron chi connectivity index (χ0n) is 14.7. The number of fused-ring (bicyclic) bond motifs is 1. The van der Waals surface area contributed by atoms with Crippen LogP contribution in [0, 0.1) is 13.8 Å². The summed E-state index contributed by atoms with van der Waals surface area (Å²) >= 11 is 0. The molecule has 0 aliphatic carbocycles. The van der Waals surface area contributed by atoms with Crippen LogP contribution in [0.15, 0.2) is 42.5 Å². The number of hydrogen-bond donors (Lipinski definition) is 1. The van der Waals surface area contributed by atoms with Crippen LogP contribution in [0.1, 0.15) is 30.8 Å². The first-order valence-electron chi connectivity index (χ1n) is 8.24. The fourth-order valence-electron chi connectivity index (χ4n) is 2.88. The second-order valence-corrected chi connectivity index (χ2v) is 6.75. The first-order valence-corrected chi connectivity index (χ1v) is 8.24. The van der Waals surface area contributed by atoms with Gasteiger partial charge in [-0.2, -0.15) is 0 Å². The Morgan fingerprint density at radius 1 is 1.12 bits per heavy atom. The molecule has 0 unspecified atom stereocenters. The van der Waals surface area contributed by atoms with E-state index in [9.17, 15) is 5.11 Å². The zero-order chi connectivity index (χ0) is 17.3. The molecule has 0 amide bonds. The van der Waals surface area contributed by atoms with Gasteiger partial charge >= 0.3 is 0 Å². The molecular formula is C20H24N2O2. The summed E-state index contributed by atoms with van der Waals surface area (Å²) in [6, 6.07) is 14.1. The molecule has 126 valence electrons. The van der Waals surface area contributed by atoms with E-state index in [1.165, 1.54) is 5.56 Å².